The average molecular weight is 490 g/mol. The summed E-state index contributed by atoms with van der Waals surface area (Å²) in [6, 6.07) is 7.45. The molecule has 0 aliphatic carbocycles. The van der Waals surface area contributed by atoms with Crippen molar-refractivity contribution in [2.24, 2.45) is 0 Å². The number of carbonyl (C=O) groups is 1. The number of piperazine rings is 1. The zero-order chi connectivity index (χ0) is 23.5. The second kappa shape index (κ2) is 9.68. The van der Waals surface area contributed by atoms with Gasteiger partial charge in [0, 0.05) is 49.0 Å². The van der Waals surface area contributed by atoms with Crippen LogP contribution in [0.15, 0.2) is 41.3 Å². The first-order chi connectivity index (χ1) is 15.0. The summed E-state index contributed by atoms with van der Waals surface area (Å²) in [5.74, 6) is -0.885. The molecule has 1 heterocycles. The molecule has 6 nitrogen and oxygen atoms in total. The second-order valence-corrected chi connectivity index (χ2v) is 10.0. The first-order valence-electron chi connectivity index (χ1n) is 9.98. The van der Waals surface area contributed by atoms with Crippen LogP contribution in [0.3, 0.4) is 0 Å². The average Bonchev–Trinajstić information content (AvgIpc) is 2.77. The lowest BCUT2D eigenvalue weighted by Crippen LogP contribution is -2.43. The molecule has 2 N–H and O–H groups in total. The maximum atomic E-state index is 13.5. The van der Waals surface area contributed by atoms with E-state index in [2.05, 4.69) is 10.6 Å². The summed E-state index contributed by atoms with van der Waals surface area (Å²) in [4.78, 5) is 14.6. The number of alkyl halides is 3. The van der Waals surface area contributed by atoms with Crippen molar-refractivity contribution in [2.75, 3.05) is 36.8 Å². The van der Waals surface area contributed by atoms with Gasteiger partial charge in [0.05, 0.1) is 16.2 Å². The van der Waals surface area contributed by atoms with Gasteiger partial charge in [-0.25, -0.2) is 8.42 Å². The van der Waals surface area contributed by atoms with Gasteiger partial charge >= 0.3 is 6.18 Å². The van der Waals surface area contributed by atoms with Gasteiger partial charge in [0.25, 0.3) is 5.91 Å². The minimum absolute atomic E-state index is 0.0234. The van der Waals surface area contributed by atoms with Crippen molar-refractivity contribution >= 4 is 33.0 Å². The van der Waals surface area contributed by atoms with Crippen molar-refractivity contribution in [3.8, 4) is 0 Å². The molecular weight excluding hydrogens is 467 g/mol. The number of hydrogen-bond donors (Lipinski definition) is 2. The van der Waals surface area contributed by atoms with E-state index in [1.54, 1.807) is 4.90 Å². The van der Waals surface area contributed by atoms with Gasteiger partial charge in [0.1, 0.15) is 0 Å². The summed E-state index contributed by atoms with van der Waals surface area (Å²) in [7, 11) is -3.58. The Kier molecular flexibility index (Phi) is 7.36. The Labute approximate surface area is 189 Å². The molecule has 0 aromatic heterocycles. The fraction of sp³-hybridized carbons (Fsp3) is 0.381. The van der Waals surface area contributed by atoms with E-state index in [9.17, 15) is 26.4 Å². The number of benzene rings is 2. The van der Waals surface area contributed by atoms with E-state index in [1.807, 2.05) is 0 Å². The Bertz CT molecular complexity index is 1100. The predicted octanol–water partition coefficient (Wildman–Crippen LogP) is 3.49. The van der Waals surface area contributed by atoms with E-state index in [0.717, 1.165) is 12.1 Å². The second-order valence-electron chi connectivity index (χ2n) is 7.34. The molecule has 0 unspecified atom stereocenters. The highest BCUT2D eigenvalue weighted by atomic mass is 35.5. The number of nitrogens with one attached hydrogen (secondary N) is 2. The summed E-state index contributed by atoms with van der Waals surface area (Å²) < 4.78 is 65.0. The summed E-state index contributed by atoms with van der Waals surface area (Å²) in [5, 5.41) is 5.94. The lowest BCUT2D eigenvalue weighted by molar-refractivity contribution is -0.137. The summed E-state index contributed by atoms with van der Waals surface area (Å²) in [5.41, 5.74) is -0.503. The van der Waals surface area contributed by atoms with Gasteiger partial charge in [-0.3, -0.25) is 4.79 Å². The molecular formula is C21H23ClF3N3O3S. The lowest BCUT2D eigenvalue weighted by atomic mass is 10.1. The monoisotopic (exact) mass is 489 g/mol. The highest BCUT2D eigenvalue weighted by Crippen LogP contribution is 2.33. The maximum Gasteiger partial charge on any atom is 0.416 e. The molecule has 1 aliphatic heterocycles. The minimum Gasteiger partial charge on any atom is -0.369 e. The first-order valence-corrected chi connectivity index (χ1v) is 12.0. The molecule has 32 heavy (non-hydrogen) atoms. The molecule has 2 aromatic carbocycles. The van der Waals surface area contributed by atoms with Crippen LogP contribution in [0.1, 0.15) is 28.4 Å². The van der Waals surface area contributed by atoms with E-state index in [1.165, 1.54) is 31.2 Å². The molecule has 0 atom stereocenters. The molecule has 2 aromatic rings. The number of carbonyl (C=O) groups excluding carboxylic acids is 1. The molecule has 174 valence electrons. The third-order valence-corrected chi connectivity index (χ3v) is 7.23. The number of halogens is 4. The zero-order valence-corrected chi connectivity index (χ0v) is 18.9. The smallest absolute Gasteiger partial charge is 0.369 e. The molecule has 0 radical (unpaired) electrons. The topological polar surface area (TPSA) is 78.5 Å². The highest BCUT2D eigenvalue weighted by Gasteiger charge is 2.32. The molecule has 11 heteroatoms. The van der Waals surface area contributed by atoms with Crippen molar-refractivity contribution in [3.05, 3.63) is 58.1 Å². The van der Waals surface area contributed by atoms with Crippen LogP contribution < -0.4 is 15.5 Å². The Morgan fingerprint density at radius 3 is 2.47 bits per heavy atom. The van der Waals surface area contributed by atoms with Crippen LogP contribution in [0.25, 0.3) is 0 Å². The molecule has 3 rings (SSSR count). The Hall–Kier alpha value is -2.30. The van der Waals surface area contributed by atoms with Crippen LogP contribution in [0.5, 0.6) is 0 Å². The standard InChI is InChI=1S/C21H23ClF3N3O3S/c1-2-32(30,31)19-4-3-17(22)10-15(19)13-27-20(29)14-9-16(21(23,24)25)12-18(11-14)28-7-5-26-6-8-28/h3-4,9-12,26H,2,5-8,13H2,1H3,(H,27,29). The normalized spacial score (nSPS) is 15.0. The highest BCUT2D eigenvalue weighted by molar-refractivity contribution is 7.91. The number of sulfone groups is 1. The molecule has 1 saturated heterocycles. The van der Waals surface area contributed by atoms with Crippen LogP contribution in [0.2, 0.25) is 5.02 Å². The van der Waals surface area contributed by atoms with E-state index in [0.29, 0.717) is 31.9 Å². The quantitative estimate of drug-likeness (QED) is 0.649. The van der Waals surface area contributed by atoms with Crippen LogP contribution in [0, 0.1) is 0 Å². The first kappa shape index (κ1) is 24.3. The van der Waals surface area contributed by atoms with Gasteiger partial charge in [-0.1, -0.05) is 18.5 Å². The molecule has 1 aliphatic rings. The van der Waals surface area contributed by atoms with E-state index in [-0.39, 0.29) is 33.3 Å². The van der Waals surface area contributed by atoms with Crippen molar-refractivity contribution in [3.63, 3.8) is 0 Å². The predicted molar refractivity (Wildman–Crippen MR) is 117 cm³/mol. The van der Waals surface area contributed by atoms with Crippen molar-refractivity contribution in [1.29, 1.82) is 0 Å². The number of nitrogens with zero attached hydrogens (tertiary/aromatic N) is 1. The zero-order valence-electron chi connectivity index (χ0n) is 17.3. The van der Waals surface area contributed by atoms with Gasteiger partial charge in [-0.05, 0) is 42.0 Å². The molecule has 1 fully saturated rings. The van der Waals surface area contributed by atoms with Crippen LogP contribution in [-0.4, -0.2) is 46.3 Å². The van der Waals surface area contributed by atoms with Gasteiger partial charge in [-0.2, -0.15) is 13.2 Å². The summed E-state index contributed by atoms with van der Waals surface area (Å²) >= 11 is 5.98. The van der Waals surface area contributed by atoms with Crippen molar-refractivity contribution in [2.45, 2.75) is 24.5 Å². The largest absolute Gasteiger partial charge is 0.416 e. The van der Waals surface area contributed by atoms with Gasteiger partial charge < -0.3 is 15.5 Å². The maximum absolute atomic E-state index is 13.5. The van der Waals surface area contributed by atoms with E-state index < -0.39 is 27.5 Å². The van der Waals surface area contributed by atoms with Crippen LogP contribution >= 0.6 is 11.6 Å². The lowest BCUT2D eigenvalue weighted by Gasteiger charge is -2.30. The van der Waals surface area contributed by atoms with Crippen LogP contribution in [-0.2, 0) is 22.6 Å². The summed E-state index contributed by atoms with van der Waals surface area (Å²) in [6.07, 6.45) is -4.62. The number of hydrogen-bond acceptors (Lipinski definition) is 5. The number of anilines is 1. The van der Waals surface area contributed by atoms with E-state index >= 15 is 0 Å². The van der Waals surface area contributed by atoms with Gasteiger partial charge in [0.2, 0.25) is 0 Å². The number of rotatable bonds is 6. The molecule has 0 spiro atoms. The van der Waals surface area contributed by atoms with Gasteiger partial charge in [0.15, 0.2) is 9.84 Å². The fourth-order valence-corrected chi connectivity index (χ4v) is 4.75. The Balaban J connectivity index is 1.89. The molecule has 0 bridgehead atoms. The third kappa shape index (κ3) is 5.73. The third-order valence-electron chi connectivity index (χ3n) is 5.17. The molecule has 0 saturated carbocycles. The van der Waals surface area contributed by atoms with Gasteiger partial charge in [-0.15, -0.1) is 0 Å². The Morgan fingerprint density at radius 1 is 1.16 bits per heavy atom. The number of amides is 1. The SMILES string of the molecule is CCS(=O)(=O)c1ccc(Cl)cc1CNC(=O)c1cc(N2CCNCC2)cc(C(F)(F)F)c1. The van der Waals surface area contributed by atoms with Crippen LogP contribution in [0.4, 0.5) is 18.9 Å². The van der Waals surface area contributed by atoms with Crippen molar-refractivity contribution < 1.29 is 26.4 Å². The van der Waals surface area contributed by atoms with Crippen molar-refractivity contribution in [1.82, 2.24) is 10.6 Å². The fourth-order valence-electron chi connectivity index (χ4n) is 3.43. The minimum atomic E-state index is -4.62. The summed E-state index contributed by atoms with van der Waals surface area (Å²) in [6.45, 7) is 3.58. The molecule has 1 amide bonds. The Morgan fingerprint density at radius 2 is 1.84 bits per heavy atom. The van der Waals surface area contributed by atoms with E-state index in [4.69, 9.17) is 11.6 Å².